The monoisotopic (exact) mass is 347 g/mol. The van der Waals surface area contributed by atoms with Gasteiger partial charge >= 0.3 is 0 Å². The zero-order chi connectivity index (χ0) is 15.5. The molecule has 0 atom stereocenters. The molecule has 3 N–H and O–H groups in total. The molecule has 0 unspecified atom stereocenters. The van der Waals surface area contributed by atoms with Crippen LogP contribution in [0, 0.1) is 0 Å². The SMILES string of the molecule is CNC1=CC(NC)(NC)C(C)=CC1=Cc1ccccc1Br. The molecule has 1 aliphatic rings. The molecule has 4 heteroatoms. The van der Waals surface area contributed by atoms with Gasteiger partial charge in [0, 0.05) is 17.2 Å². The highest BCUT2D eigenvalue weighted by Gasteiger charge is 2.30. The quantitative estimate of drug-likeness (QED) is 0.732. The summed E-state index contributed by atoms with van der Waals surface area (Å²) >= 11 is 3.60. The minimum absolute atomic E-state index is 0.302. The minimum Gasteiger partial charge on any atom is -0.388 e. The van der Waals surface area contributed by atoms with E-state index in [4.69, 9.17) is 0 Å². The predicted octanol–water partition coefficient (Wildman–Crippen LogP) is 3.03. The predicted molar refractivity (Wildman–Crippen MR) is 93.9 cm³/mol. The molecule has 0 spiro atoms. The van der Waals surface area contributed by atoms with Gasteiger partial charge in [0.25, 0.3) is 0 Å². The molecule has 0 bridgehead atoms. The van der Waals surface area contributed by atoms with E-state index in [0.717, 1.165) is 10.2 Å². The van der Waals surface area contributed by atoms with Crippen LogP contribution in [0.5, 0.6) is 0 Å². The molecule has 1 aromatic carbocycles. The lowest BCUT2D eigenvalue weighted by Crippen LogP contribution is -2.54. The van der Waals surface area contributed by atoms with Crippen LogP contribution in [0.3, 0.4) is 0 Å². The number of allylic oxidation sites excluding steroid dienone is 1. The lowest BCUT2D eigenvalue weighted by Gasteiger charge is -2.35. The van der Waals surface area contributed by atoms with Gasteiger partial charge in [0.05, 0.1) is 0 Å². The highest BCUT2D eigenvalue weighted by atomic mass is 79.9. The van der Waals surface area contributed by atoms with E-state index in [1.807, 2.05) is 33.3 Å². The van der Waals surface area contributed by atoms with Gasteiger partial charge < -0.3 is 5.32 Å². The fourth-order valence-corrected chi connectivity index (χ4v) is 3.00. The van der Waals surface area contributed by atoms with E-state index in [9.17, 15) is 0 Å². The maximum atomic E-state index is 3.60. The van der Waals surface area contributed by atoms with Crippen molar-refractivity contribution in [1.29, 1.82) is 0 Å². The number of halogens is 1. The Hall–Kier alpha value is -1.36. The minimum atomic E-state index is -0.302. The van der Waals surface area contributed by atoms with Crippen molar-refractivity contribution in [3.8, 4) is 0 Å². The van der Waals surface area contributed by atoms with Crippen LogP contribution in [0.25, 0.3) is 6.08 Å². The van der Waals surface area contributed by atoms with E-state index in [2.05, 4.69) is 69.2 Å². The molecule has 0 heterocycles. The van der Waals surface area contributed by atoms with Gasteiger partial charge in [-0.05, 0) is 55.9 Å². The van der Waals surface area contributed by atoms with Crippen molar-refractivity contribution in [3.05, 3.63) is 63.3 Å². The molecule has 0 saturated carbocycles. The van der Waals surface area contributed by atoms with Gasteiger partial charge in [-0.3, -0.25) is 10.6 Å². The Kier molecular flexibility index (Phi) is 5.04. The second-order valence-electron chi connectivity index (χ2n) is 5.06. The number of hydrogen-bond acceptors (Lipinski definition) is 3. The third-order valence-electron chi connectivity index (χ3n) is 3.94. The smallest absolute Gasteiger partial charge is 0.112 e. The van der Waals surface area contributed by atoms with Gasteiger partial charge in [-0.1, -0.05) is 40.2 Å². The summed E-state index contributed by atoms with van der Waals surface area (Å²) in [5, 5.41) is 9.98. The van der Waals surface area contributed by atoms with Gasteiger partial charge in [0.15, 0.2) is 0 Å². The molecule has 0 aliphatic heterocycles. The first-order valence-electron chi connectivity index (χ1n) is 7.00. The number of benzene rings is 1. The summed E-state index contributed by atoms with van der Waals surface area (Å²) in [5.74, 6) is 0. The van der Waals surface area contributed by atoms with Gasteiger partial charge in [0.1, 0.15) is 5.66 Å². The van der Waals surface area contributed by atoms with Gasteiger partial charge in [-0.2, -0.15) is 0 Å². The number of likely N-dealkylation sites (N-methyl/N-ethyl adjacent to an activating group) is 3. The highest BCUT2D eigenvalue weighted by Crippen LogP contribution is 2.29. The van der Waals surface area contributed by atoms with E-state index < -0.39 is 0 Å². The van der Waals surface area contributed by atoms with Crippen LogP contribution in [-0.4, -0.2) is 26.8 Å². The molecule has 2 rings (SSSR count). The molecule has 3 nitrogen and oxygen atoms in total. The number of hydrogen-bond donors (Lipinski definition) is 3. The Morgan fingerprint density at radius 3 is 2.33 bits per heavy atom. The molecule has 21 heavy (non-hydrogen) atoms. The van der Waals surface area contributed by atoms with E-state index in [1.54, 1.807) is 0 Å². The van der Waals surface area contributed by atoms with Crippen LogP contribution in [0.15, 0.2) is 57.7 Å². The summed E-state index contributed by atoms with van der Waals surface area (Å²) in [6, 6.07) is 8.23. The summed E-state index contributed by atoms with van der Waals surface area (Å²) in [4.78, 5) is 0. The molecule has 112 valence electrons. The molecule has 0 radical (unpaired) electrons. The Morgan fingerprint density at radius 2 is 1.76 bits per heavy atom. The second kappa shape index (κ2) is 6.60. The van der Waals surface area contributed by atoms with E-state index in [0.29, 0.717) is 0 Å². The lowest BCUT2D eigenvalue weighted by atomic mass is 9.89. The summed E-state index contributed by atoms with van der Waals surface area (Å²) in [6.07, 6.45) is 6.58. The number of nitrogens with one attached hydrogen (secondary N) is 3. The Bertz CT molecular complexity index is 610. The van der Waals surface area contributed by atoms with Crippen LogP contribution in [0.1, 0.15) is 12.5 Å². The van der Waals surface area contributed by atoms with Crippen molar-refractivity contribution >= 4 is 22.0 Å². The molecular weight excluding hydrogens is 326 g/mol. The fourth-order valence-electron chi connectivity index (χ4n) is 2.60. The molecular formula is C17H22BrN3. The molecule has 0 amide bonds. The van der Waals surface area contributed by atoms with E-state index in [-0.39, 0.29) is 5.66 Å². The van der Waals surface area contributed by atoms with Crippen molar-refractivity contribution in [2.24, 2.45) is 0 Å². The third-order valence-corrected chi connectivity index (χ3v) is 4.66. The summed E-state index contributed by atoms with van der Waals surface area (Å²) in [7, 11) is 5.87. The zero-order valence-electron chi connectivity index (χ0n) is 12.9. The normalized spacial score (nSPS) is 19.2. The number of rotatable bonds is 4. The highest BCUT2D eigenvalue weighted by molar-refractivity contribution is 9.10. The summed E-state index contributed by atoms with van der Waals surface area (Å²) in [5.41, 5.74) is 4.36. The van der Waals surface area contributed by atoms with Crippen LogP contribution in [0.2, 0.25) is 0 Å². The van der Waals surface area contributed by atoms with Crippen molar-refractivity contribution in [3.63, 3.8) is 0 Å². The van der Waals surface area contributed by atoms with Crippen LogP contribution >= 0.6 is 15.9 Å². The molecule has 1 aliphatic carbocycles. The first-order valence-corrected chi connectivity index (χ1v) is 7.79. The molecule has 0 fully saturated rings. The van der Waals surface area contributed by atoms with Gasteiger partial charge in [-0.15, -0.1) is 0 Å². The zero-order valence-corrected chi connectivity index (χ0v) is 14.5. The maximum Gasteiger partial charge on any atom is 0.112 e. The molecule has 0 saturated heterocycles. The Morgan fingerprint density at radius 1 is 1.10 bits per heavy atom. The Labute approximate surface area is 135 Å². The van der Waals surface area contributed by atoms with E-state index in [1.165, 1.54) is 16.7 Å². The molecule has 1 aromatic rings. The topological polar surface area (TPSA) is 36.1 Å². The van der Waals surface area contributed by atoms with Crippen molar-refractivity contribution in [1.82, 2.24) is 16.0 Å². The average Bonchev–Trinajstić information content (AvgIpc) is 2.50. The maximum absolute atomic E-state index is 3.60. The first-order chi connectivity index (χ1) is 10.1. The Balaban J connectivity index is 2.49. The van der Waals surface area contributed by atoms with Gasteiger partial charge in [-0.25, -0.2) is 0 Å². The standard InChI is InChI=1S/C17H22BrN3/c1-12-9-14(10-13-7-5-6-8-15(13)18)16(19-2)11-17(12,20-3)21-4/h5-11,19-21H,1-4H3. The van der Waals surface area contributed by atoms with Crippen molar-refractivity contribution < 1.29 is 0 Å². The fraction of sp³-hybridized carbons (Fsp3) is 0.294. The van der Waals surface area contributed by atoms with E-state index >= 15 is 0 Å². The summed E-state index contributed by atoms with van der Waals surface area (Å²) < 4.78 is 1.10. The second-order valence-corrected chi connectivity index (χ2v) is 5.92. The molecule has 0 aromatic heterocycles. The van der Waals surface area contributed by atoms with Crippen molar-refractivity contribution in [2.75, 3.05) is 21.1 Å². The summed E-state index contributed by atoms with van der Waals surface area (Å²) in [6.45, 7) is 2.13. The van der Waals surface area contributed by atoms with Gasteiger partial charge in [0.2, 0.25) is 0 Å². The van der Waals surface area contributed by atoms with Crippen LogP contribution < -0.4 is 16.0 Å². The lowest BCUT2D eigenvalue weighted by molar-refractivity contribution is 0.431. The first kappa shape index (κ1) is 16.0. The van der Waals surface area contributed by atoms with Crippen LogP contribution in [0.4, 0.5) is 0 Å². The third kappa shape index (κ3) is 3.12. The van der Waals surface area contributed by atoms with Crippen LogP contribution in [-0.2, 0) is 0 Å². The average molecular weight is 348 g/mol. The van der Waals surface area contributed by atoms with Crippen molar-refractivity contribution in [2.45, 2.75) is 12.6 Å². The largest absolute Gasteiger partial charge is 0.388 e.